The first kappa shape index (κ1) is 21.1. The van der Waals surface area contributed by atoms with E-state index in [2.05, 4.69) is 10.3 Å². The summed E-state index contributed by atoms with van der Waals surface area (Å²) >= 11 is 0.972. The summed E-state index contributed by atoms with van der Waals surface area (Å²) in [7, 11) is 0. The van der Waals surface area contributed by atoms with Crippen molar-refractivity contribution in [2.24, 2.45) is 0 Å². The third-order valence-electron chi connectivity index (χ3n) is 3.47. The predicted octanol–water partition coefficient (Wildman–Crippen LogP) is 2.23. The Labute approximate surface area is 165 Å². The molecular formula is C19H19N3O5S. The molecule has 8 nitrogen and oxygen atoms in total. The number of pyridine rings is 1. The number of hydrogen-bond donors (Lipinski definition) is 2. The van der Waals surface area contributed by atoms with Crippen LogP contribution in [0.4, 0.5) is 5.69 Å². The maximum absolute atomic E-state index is 11.9. The largest absolute Gasteiger partial charge is 0.494 e. The molecule has 2 aromatic rings. The number of aromatic nitrogens is 1. The number of nitrogens with one attached hydrogen (secondary N) is 2. The van der Waals surface area contributed by atoms with E-state index in [1.807, 2.05) is 13.0 Å². The number of nitriles is 1. The number of esters is 1. The molecule has 1 heterocycles. The van der Waals surface area contributed by atoms with Gasteiger partial charge in [0.15, 0.2) is 6.61 Å². The van der Waals surface area contributed by atoms with Crippen molar-refractivity contribution in [2.45, 2.75) is 18.9 Å². The number of ether oxygens (including phenoxy) is 2. The van der Waals surface area contributed by atoms with Gasteiger partial charge in [0.1, 0.15) is 11.8 Å². The maximum atomic E-state index is 11.9. The number of aromatic amines is 1. The molecule has 9 heteroatoms. The van der Waals surface area contributed by atoms with Crippen molar-refractivity contribution < 1.29 is 19.1 Å². The van der Waals surface area contributed by atoms with Crippen molar-refractivity contribution in [1.82, 2.24) is 4.98 Å². The first-order valence-electron chi connectivity index (χ1n) is 8.38. The Morgan fingerprint density at radius 3 is 2.64 bits per heavy atom. The van der Waals surface area contributed by atoms with E-state index in [9.17, 15) is 14.4 Å². The standard InChI is InChI=1S/C19H19N3O5S/c1-3-26-14-6-4-13(5-7-14)21-17(24)10-27-18(25)11-28-19-15(9-20)12(2)8-16(23)22-19/h4-8H,3,10-11H2,1-2H3,(H,21,24)(H,22,23). The zero-order chi connectivity index (χ0) is 20.5. The number of amides is 1. The lowest BCUT2D eigenvalue weighted by Gasteiger charge is -2.08. The second-order valence-electron chi connectivity index (χ2n) is 5.59. The quantitative estimate of drug-likeness (QED) is 0.514. The highest BCUT2D eigenvalue weighted by Gasteiger charge is 2.13. The summed E-state index contributed by atoms with van der Waals surface area (Å²) in [5.74, 6) is -0.582. The molecule has 0 aliphatic carbocycles. The molecule has 1 amide bonds. The zero-order valence-corrected chi connectivity index (χ0v) is 16.2. The molecule has 0 aliphatic heterocycles. The number of rotatable bonds is 8. The van der Waals surface area contributed by atoms with Gasteiger partial charge in [0, 0.05) is 11.8 Å². The van der Waals surface area contributed by atoms with E-state index in [-0.39, 0.29) is 11.3 Å². The van der Waals surface area contributed by atoms with Gasteiger partial charge in [-0.3, -0.25) is 14.4 Å². The lowest BCUT2D eigenvalue weighted by Crippen LogP contribution is -2.21. The predicted molar refractivity (Wildman–Crippen MR) is 104 cm³/mol. The van der Waals surface area contributed by atoms with Gasteiger partial charge in [-0.2, -0.15) is 5.26 Å². The molecule has 1 aromatic heterocycles. The smallest absolute Gasteiger partial charge is 0.316 e. The Kier molecular flexibility index (Phi) is 7.65. The van der Waals surface area contributed by atoms with Crippen molar-refractivity contribution in [3.05, 3.63) is 51.8 Å². The molecule has 0 unspecified atom stereocenters. The molecular weight excluding hydrogens is 382 g/mol. The summed E-state index contributed by atoms with van der Waals surface area (Å²) in [5.41, 5.74) is 1.01. The summed E-state index contributed by atoms with van der Waals surface area (Å²) in [6.45, 7) is 3.62. The molecule has 0 fully saturated rings. The van der Waals surface area contributed by atoms with E-state index in [0.29, 0.717) is 34.2 Å². The highest BCUT2D eigenvalue weighted by molar-refractivity contribution is 7.99. The molecule has 0 radical (unpaired) electrons. The van der Waals surface area contributed by atoms with Crippen LogP contribution in [0.15, 0.2) is 40.2 Å². The summed E-state index contributed by atoms with van der Waals surface area (Å²) in [5, 5.41) is 12.1. The third-order valence-corrected chi connectivity index (χ3v) is 4.44. The van der Waals surface area contributed by atoms with Crippen molar-refractivity contribution in [3.63, 3.8) is 0 Å². The highest BCUT2D eigenvalue weighted by atomic mass is 32.2. The minimum atomic E-state index is -0.641. The van der Waals surface area contributed by atoms with Crippen LogP contribution < -0.4 is 15.6 Å². The summed E-state index contributed by atoms with van der Waals surface area (Å²) in [6, 6.07) is 10.1. The van der Waals surface area contributed by atoms with E-state index in [1.165, 1.54) is 6.07 Å². The van der Waals surface area contributed by atoms with Crippen LogP contribution in [0, 0.1) is 18.3 Å². The Morgan fingerprint density at radius 1 is 1.29 bits per heavy atom. The van der Waals surface area contributed by atoms with Gasteiger partial charge in [0.2, 0.25) is 5.56 Å². The SMILES string of the molecule is CCOc1ccc(NC(=O)COC(=O)CSc2[nH]c(=O)cc(C)c2C#N)cc1. The highest BCUT2D eigenvalue weighted by Crippen LogP contribution is 2.21. The number of carbonyl (C=O) groups excluding carboxylic acids is 2. The van der Waals surface area contributed by atoms with Gasteiger partial charge in [-0.25, -0.2) is 0 Å². The van der Waals surface area contributed by atoms with Crippen LogP contribution in [0.5, 0.6) is 5.75 Å². The number of thioether (sulfide) groups is 1. The molecule has 0 saturated heterocycles. The van der Waals surface area contributed by atoms with Crippen LogP contribution in [-0.2, 0) is 14.3 Å². The number of aryl methyl sites for hydroxylation is 1. The van der Waals surface area contributed by atoms with Gasteiger partial charge in [-0.1, -0.05) is 11.8 Å². The normalized spacial score (nSPS) is 10.0. The van der Waals surface area contributed by atoms with Crippen LogP contribution in [0.25, 0.3) is 0 Å². The molecule has 146 valence electrons. The fraction of sp³-hybridized carbons (Fsp3) is 0.263. The second-order valence-corrected chi connectivity index (χ2v) is 6.57. The first-order valence-corrected chi connectivity index (χ1v) is 9.36. The van der Waals surface area contributed by atoms with E-state index < -0.39 is 18.5 Å². The van der Waals surface area contributed by atoms with E-state index in [4.69, 9.17) is 14.7 Å². The molecule has 0 aliphatic rings. The summed E-state index contributed by atoms with van der Waals surface area (Å²) in [4.78, 5) is 37.8. The molecule has 2 N–H and O–H groups in total. The molecule has 2 rings (SSSR count). The lowest BCUT2D eigenvalue weighted by atomic mass is 10.2. The Balaban J connectivity index is 1.82. The summed E-state index contributed by atoms with van der Waals surface area (Å²) < 4.78 is 10.2. The molecule has 0 saturated carbocycles. The maximum Gasteiger partial charge on any atom is 0.316 e. The van der Waals surface area contributed by atoms with Crippen LogP contribution in [0.3, 0.4) is 0 Å². The fourth-order valence-electron chi connectivity index (χ4n) is 2.22. The molecule has 1 aromatic carbocycles. The minimum absolute atomic E-state index is 0.148. The van der Waals surface area contributed by atoms with Crippen LogP contribution in [0.1, 0.15) is 18.1 Å². The minimum Gasteiger partial charge on any atom is -0.494 e. The number of benzene rings is 1. The Bertz CT molecular complexity index is 948. The van der Waals surface area contributed by atoms with Crippen molar-refractivity contribution in [2.75, 3.05) is 24.3 Å². The van der Waals surface area contributed by atoms with Gasteiger partial charge < -0.3 is 19.8 Å². The van der Waals surface area contributed by atoms with Gasteiger partial charge in [0.25, 0.3) is 5.91 Å². The number of nitrogens with zero attached hydrogens (tertiary/aromatic N) is 1. The molecule has 0 atom stereocenters. The number of anilines is 1. The van der Waals surface area contributed by atoms with Gasteiger partial charge >= 0.3 is 5.97 Å². The average Bonchev–Trinajstić information content (AvgIpc) is 2.66. The number of hydrogen-bond acceptors (Lipinski definition) is 7. The van der Waals surface area contributed by atoms with E-state index in [1.54, 1.807) is 31.2 Å². The van der Waals surface area contributed by atoms with Crippen LogP contribution >= 0.6 is 11.8 Å². The average molecular weight is 401 g/mol. The summed E-state index contributed by atoms with van der Waals surface area (Å²) in [6.07, 6.45) is 0. The zero-order valence-electron chi connectivity index (χ0n) is 15.4. The first-order chi connectivity index (χ1) is 13.4. The van der Waals surface area contributed by atoms with Crippen LogP contribution in [0.2, 0.25) is 0 Å². The van der Waals surface area contributed by atoms with Crippen LogP contribution in [-0.4, -0.2) is 35.8 Å². The van der Waals surface area contributed by atoms with Crippen molar-refractivity contribution in [3.8, 4) is 11.8 Å². The van der Waals surface area contributed by atoms with Crippen molar-refractivity contribution >= 4 is 29.3 Å². The van der Waals surface area contributed by atoms with E-state index >= 15 is 0 Å². The van der Waals surface area contributed by atoms with Crippen molar-refractivity contribution in [1.29, 1.82) is 5.26 Å². The fourth-order valence-corrected chi connectivity index (χ4v) is 3.09. The monoisotopic (exact) mass is 401 g/mol. The Hall–Kier alpha value is -3.25. The Morgan fingerprint density at radius 2 is 2.00 bits per heavy atom. The molecule has 28 heavy (non-hydrogen) atoms. The molecule has 0 spiro atoms. The van der Waals surface area contributed by atoms with Gasteiger partial charge in [-0.05, 0) is 43.7 Å². The topological polar surface area (TPSA) is 121 Å². The molecule has 0 bridgehead atoms. The second kappa shape index (κ2) is 10.2. The van der Waals surface area contributed by atoms with Gasteiger partial charge in [0.05, 0.1) is 22.9 Å². The number of H-pyrrole nitrogens is 1. The van der Waals surface area contributed by atoms with E-state index in [0.717, 1.165) is 11.8 Å². The third kappa shape index (κ3) is 6.17. The number of carbonyl (C=O) groups is 2. The van der Waals surface area contributed by atoms with Gasteiger partial charge in [-0.15, -0.1) is 0 Å². The lowest BCUT2D eigenvalue weighted by molar-refractivity contribution is -0.144.